The van der Waals surface area contributed by atoms with Gasteiger partial charge in [0.1, 0.15) is 5.69 Å². The van der Waals surface area contributed by atoms with Crippen molar-refractivity contribution < 1.29 is 9.90 Å². The van der Waals surface area contributed by atoms with Crippen LogP contribution in [-0.2, 0) is 0 Å². The Morgan fingerprint density at radius 1 is 1.44 bits per heavy atom. The van der Waals surface area contributed by atoms with Crippen molar-refractivity contribution in [3.63, 3.8) is 0 Å². The van der Waals surface area contributed by atoms with E-state index in [0.29, 0.717) is 12.2 Å². The Labute approximate surface area is 95.3 Å². The van der Waals surface area contributed by atoms with Gasteiger partial charge in [0, 0.05) is 39.6 Å². The van der Waals surface area contributed by atoms with Crippen LogP contribution >= 0.6 is 0 Å². The van der Waals surface area contributed by atoms with Crippen molar-refractivity contribution in [3.8, 4) is 0 Å². The van der Waals surface area contributed by atoms with E-state index in [1.807, 2.05) is 18.0 Å². The minimum absolute atomic E-state index is 0.0791. The van der Waals surface area contributed by atoms with E-state index in [0.717, 1.165) is 5.69 Å². The number of carbonyl (C=O) groups excluding carboxylic acids is 1. The van der Waals surface area contributed by atoms with Crippen LogP contribution in [0.2, 0.25) is 0 Å². The average Bonchev–Trinajstić information content (AvgIpc) is 2.28. The summed E-state index contributed by atoms with van der Waals surface area (Å²) < 4.78 is 0. The molecule has 0 aliphatic heterocycles. The summed E-state index contributed by atoms with van der Waals surface area (Å²) in [6, 6.07) is 3.53. The second kappa shape index (κ2) is 5.46. The van der Waals surface area contributed by atoms with Crippen molar-refractivity contribution in [1.82, 2.24) is 9.88 Å². The molecule has 5 heteroatoms. The smallest absolute Gasteiger partial charge is 0.272 e. The van der Waals surface area contributed by atoms with Gasteiger partial charge in [-0.3, -0.25) is 9.78 Å². The van der Waals surface area contributed by atoms with Crippen LogP contribution in [-0.4, -0.2) is 55.2 Å². The number of rotatable bonds is 4. The molecule has 1 heterocycles. The molecule has 1 N–H and O–H groups in total. The van der Waals surface area contributed by atoms with Crippen LogP contribution in [0.4, 0.5) is 5.69 Å². The highest BCUT2D eigenvalue weighted by atomic mass is 16.3. The Hall–Kier alpha value is -1.62. The molecule has 0 aromatic carbocycles. The number of hydrogen-bond donors (Lipinski definition) is 1. The van der Waals surface area contributed by atoms with Crippen molar-refractivity contribution in [1.29, 1.82) is 0 Å². The van der Waals surface area contributed by atoms with Crippen LogP contribution in [0.25, 0.3) is 0 Å². The van der Waals surface area contributed by atoms with E-state index < -0.39 is 0 Å². The molecule has 16 heavy (non-hydrogen) atoms. The Bertz CT molecular complexity index is 366. The maximum Gasteiger partial charge on any atom is 0.272 e. The number of pyridine rings is 1. The number of likely N-dealkylation sites (N-methyl/N-ethyl adjacent to an activating group) is 1. The fourth-order valence-corrected chi connectivity index (χ4v) is 1.28. The molecule has 88 valence electrons. The molecule has 0 bridgehead atoms. The first-order valence-corrected chi connectivity index (χ1v) is 5.06. The molecule has 0 unspecified atom stereocenters. The summed E-state index contributed by atoms with van der Waals surface area (Å²) in [6.45, 7) is 0.607. The first kappa shape index (κ1) is 12.4. The van der Waals surface area contributed by atoms with Gasteiger partial charge < -0.3 is 14.9 Å². The van der Waals surface area contributed by atoms with Gasteiger partial charge in [-0.2, -0.15) is 0 Å². The predicted molar refractivity (Wildman–Crippen MR) is 62.6 cm³/mol. The molecule has 0 saturated heterocycles. The summed E-state index contributed by atoms with van der Waals surface area (Å²) in [7, 11) is 5.23. The van der Waals surface area contributed by atoms with Crippen molar-refractivity contribution in [2.75, 3.05) is 39.2 Å². The monoisotopic (exact) mass is 223 g/mol. The first-order valence-electron chi connectivity index (χ1n) is 5.06. The van der Waals surface area contributed by atoms with Gasteiger partial charge in [-0.1, -0.05) is 0 Å². The van der Waals surface area contributed by atoms with E-state index in [1.165, 1.54) is 4.90 Å². The Kier molecular flexibility index (Phi) is 4.25. The second-order valence-electron chi connectivity index (χ2n) is 3.74. The highest BCUT2D eigenvalue weighted by molar-refractivity contribution is 5.92. The van der Waals surface area contributed by atoms with Crippen LogP contribution in [0.15, 0.2) is 18.3 Å². The van der Waals surface area contributed by atoms with Crippen LogP contribution in [0.3, 0.4) is 0 Å². The molecule has 1 aromatic rings. The zero-order chi connectivity index (χ0) is 12.1. The van der Waals surface area contributed by atoms with E-state index in [4.69, 9.17) is 5.11 Å². The zero-order valence-electron chi connectivity index (χ0n) is 9.84. The lowest BCUT2D eigenvalue weighted by molar-refractivity contribution is 0.0822. The summed E-state index contributed by atoms with van der Waals surface area (Å²) in [5, 5.41) is 8.83. The highest BCUT2D eigenvalue weighted by Gasteiger charge is 2.11. The van der Waals surface area contributed by atoms with Crippen molar-refractivity contribution >= 4 is 11.6 Å². The number of aliphatic hydroxyl groups excluding tert-OH is 1. The van der Waals surface area contributed by atoms with Gasteiger partial charge in [-0.25, -0.2) is 0 Å². The lowest BCUT2D eigenvalue weighted by Crippen LogP contribution is -2.24. The van der Waals surface area contributed by atoms with Gasteiger partial charge in [0.2, 0.25) is 0 Å². The van der Waals surface area contributed by atoms with E-state index in [2.05, 4.69) is 4.98 Å². The number of aromatic nitrogens is 1. The zero-order valence-corrected chi connectivity index (χ0v) is 9.84. The van der Waals surface area contributed by atoms with Crippen LogP contribution in [0.5, 0.6) is 0 Å². The molecule has 0 aliphatic rings. The van der Waals surface area contributed by atoms with E-state index >= 15 is 0 Å². The molecule has 0 radical (unpaired) electrons. The van der Waals surface area contributed by atoms with Crippen LogP contribution < -0.4 is 4.90 Å². The lowest BCUT2D eigenvalue weighted by atomic mass is 10.2. The predicted octanol–water partition coefficient (Wildman–Crippen LogP) is 0.212. The Balaban J connectivity index is 2.90. The minimum Gasteiger partial charge on any atom is -0.395 e. The molecular weight excluding hydrogens is 206 g/mol. The molecule has 1 aromatic heterocycles. The molecule has 1 amide bonds. The molecule has 5 nitrogen and oxygen atoms in total. The van der Waals surface area contributed by atoms with Crippen molar-refractivity contribution in [2.45, 2.75) is 0 Å². The third kappa shape index (κ3) is 2.93. The lowest BCUT2D eigenvalue weighted by Gasteiger charge is -2.18. The summed E-state index contributed by atoms with van der Waals surface area (Å²) in [5.74, 6) is -0.126. The fraction of sp³-hybridized carbons (Fsp3) is 0.455. The number of carbonyl (C=O) groups is 1. The quantitative estimate of drug-likeness (QED) is 0.793. The molecule has 0 saturated carbocycles. The number of aliphatic hydroxyl groups is 1. The van der Waals surface area contributed by atoms with Crippen molar-refractivity contribution in [3.05, 3.63) is 24.0 Å². The van der Waals surface area contributed by atoms with Gasteiger partial charge >= 0.3 is 0 Å². The largest absolute Gasteiger partial charge is 0.395 e. The number of nitrogens with zero attached hydrogens (tertiary/aromatic N) is 3. The maximum absolute atomic E-state index is 11.7. The summed E-state index contributed by atoms with van der Waals surface area (Å²) in [5.41, 5.74) is 1.28. The standard InChI is InChI=1S/C11H17N3O2/c1-13(2)11(16)10-8-9(4-5-12-10)14(3)6-7-15/h4-5,8,15H,6-7H2,1-3H3. The van der Waals surface area contributed by atoms with Gasteiger partial charge in [-0.15, -0.1) is 0 Å². The summed E-state index contributed by atoms with van der Waals surface area (Å²) >= 11 is 0. The minimum atomic E-state index is -0.126. The van der Waals surface area contributed by atoms with Crippen LogP contribution in [0, 0.1) is 0 Å². The Morgan fingerprint density at radius 2 is 2.12 bits per heavy atom. The topological polar surface area (TPSA) is 56.7 Å². The third-order valence-electron chi connectivity index (χ3n) is 2.25. The summed E-state index contributed by atoms with van der Waals surface area (Å²) in [4.78, 5) is 19.0. The van der Waals surface area contributed by atoms with Gasteiger partial charge in [-0.05, 0) is 12.1 Å². The third-order valence-corrected chi connectivity index (χ3v) is 2.25. The normalized spacial score (nSPS) is 10.0. The van der Waals surface area contributed by atoms with Gasteiger partial charge in [0.25, 0.3) is 5.91 Å². The molecule has 0 aliphatic carbocycles. The molecule has 1 rings (SSSR count). The maximum atomic E-state index is 11.7. The van der Waals surface area contributed by atoms with Gasteiger partial charge in [0.05, 0.1) is 6.61 Å². The number of amides is 1. The Morgan fingerprint density at radius 3 is 2.69 bits per heavy atom. The van der Waals surface area contributed by atoms with Gasteiger partial charge in [0.15, 0.2) is 0 Å². The van der Waals surface area contributed by atoms with E-state index in [-0.39, 0.29) is 12.5 Å². The van der Waals surface area contributed by atoms with E-state index in [9.17, 15) is 4.79 Å². The van der Waals surface area contributed by atoms with Crippen molar-refractivity contribution in [2.24, 2.45) is 0 Å². The highest BCUT2D eigenvalue weighted by Crippen LogP contribution is 2.13. The number of hydrogen-bond acceptors (Lipinski definition) is 4. The SMILES string of the molecule is CN(C)C(=O)c1cc(N(C)CCO)ccn1. The first-order chi connectivity index (χ1) is 7.56. The molecule has 0 fully saturated rings. The average molecular weight is 223 g/mol. The fourth-order valence-electron chi connectivity index (χ4n) is 1.28. The number of anilines is 1. The molecular formula is C11H17N3O2. The van der Waals surface area contributed by atoms with E-state index in [1.54, 1.807) is 26.4 Å². The molecule has 0 spiro atoms. The second-order valence-corrected chi connectivity index (χ2v) is 3.74. The molecule has 0 atom stereocenters. The summed E-state index contributed by atoms with van der Waals surface area (Å²) in [6.07, 6.45) is 1.60. The van der Waals surface area contributed by atoms with Crippen LogP contribution in [0.1, 0.15) is 10.5 Å².